The van der Waals surface area contributed by atoms with Crippen LogP contribution in [-0.2, 0) is 23.1 Å². The molecule has 1 fully saturated rings. The minimum atomic E-state index is -0.235. The van der Waals surface area contributed by atoms with Crippen molar-refractivity contribution in [2.24, 2.45) is 7.05 Å². The first-order valence-electron chi connectivity index (χ1n) is 11.0. The molecule has 3 aromatic rings. The maximum absolute atomic E-state index is 12.4. The number of anilines is 1. The van der Waals surface area contributed by atoms with Crippen LogP contribution in [0, 0.1) is 13.8 Å². The molecule has 180 valence electrons. The van der Waals surface area contributed by atoms with E-state index in [1.807, 2.05) is 49.9 Å². The standard InChI is InChI=1S/C22H28N8O2S2/c1-14-6-7-17(15(2)11-14)23-21(33)26-24-19(31)13-34-22-27-25-20(18-8-9-29(3)28-18)30(22)12-16-5-4-10-32-16/h6-9,11,16H,4-5,10,12-13H2,1-3H3,(H,24,31)(H2,23,26,33)/t16-/m0/s1. The molecule has 1 saturated heterocycles. The number of nitrogens with zero attached hydrogens (tertiary/aromatic N) is 5. The second-order valence-corrected chi connectivity index (χ2v) is 9.51. The number of amides is 1. The second kappa shape index (κ2) is 11.0. The van der Waals surface area contributed by atoms with Crippen molar-refractivity contribution in [3.05, 3.63) is 41.6 Å². The molecule has 0 aliphatic carbocycles. The number of carbonyl (C=O) groups excluding carboxylic acids is 1. The molecule has 0 spiro atoms. The van der Waals surface area contributed by atoms with Crippen molar-refractivity contribution >= 4 is 40.7 Å². The number of thioether (sulfide) groups is 1. The Labute approximate surface area is 207 Å². The summed E-state index contributed by atoms with van der Waals surface area (Å²) in [5, 5.41) is 17.1. The Morgan fingerprint density at radius 3 is 2.82 bits per heavy atom. The maximum atomic E-state index is 12.4. The van der Waals surface area contributed by atoms with Crippen molar-refractivity contribution in [3.8, 4) is 11.5 Å². The Hall–Kier alpha value is -2.96. The number of nitrogens with one attached hydrogen (secondary N) is 3. The average Bonchev–Trinajstić information content (AvgIpc) is 3.55. The fourth-order valence-electron chi connectivity index (χ4n) is 3.68. The minimum absolute atomic E-state index is 0.0991. The molecule has 0 bridgehead atoms. The average molecular weight is 501 g/mol. The monoisotopic (exact) mass is 500 g/mol. The molecule has 4 rings (SSSR count). The summed E-state index contributed by atoms with van der Waals surface area (Å²) in [5.74, 6) is 0.571. The van der Waals surface area contributed by atoms with Crippen LogP contribution in [0.4, 0.5) is 5.69 Å². The van der Waals surface area contributed by atoms with Crippen molar-refractivity contribution in [2.75, 3.05) is 17.7 Å². The molecule has 2 aromatic heterocycles. The van der Waals surface area contributed by atoms with E-state index in [2.05, 4.69) is 37.5 Å². The van der Waals surface area contributed by atoms with Gasteiger partial charge in [-0.3, -0.25) is 24.9 Å². The highest BCUT2D eigenvalue weighted by Gasteiger charge is 2.23. The molecule has 1 aliphatic rings. The molecule has 12 heteroatoms. The summed E-state index contributed by atoms with van der Waals surface area (Å²) >= 11 is 6.60. The Morgan fingerprint density at radius 2 is 2.12 bits per heavy atom. The Balaban J connectivity index is 1.34. The summed E-state index contributed by atoms with van der Waals surface area (Å²) in [6.45, 7) is 5.41. The third-order valence-electron chi connectivity index (χ3n) is 5.35. The zero-order chi connectivity index (χ0) is 24.1. The first-order valence-corrected chi connectivity index (χ1v) is 12.4. The van der Waals surface area contributed by atoms with Gasteiger partial charge in [-0.15, -0.1) is 10.2 Å². The number of hydrogen-bond donors (Lipinski definition) is 3. The number of thiocarbonyl (C=S) groups is 1. The highest BCUT2D eigenvalue weighted by atomic mass is 32.2. The van der Waals surface area contributed by atoms with E-state index >= 15 is 0 Å². The normalized spacial score (nSPS) is 15.3. The van der Waals surface area contributed by atoms with Crippen LogP contribution in [0.3, 0.4) is 0 Å². The van der Waals surface area contributed by atoms with Gasteiger partial charge in [0.15, 0.2) is 16.1 Å². The smallest absolute Gasteiger partial charge is 0.248 e. The fraction of sp³-hybridized carbons (Fsp3) is 0.409. The van der Waals surface area contributed by atoms with Gasteiger partial charge in [0, 0.05) is 25.5 Å². The molecule has 34 heavy (non-hydrogen) atoms. The van der Waals surface area contributed by atoms with Gasteiger partial charge >= 0.3 is 0 Å². The maximum Gasteiger partial charge on any atom is 0.248 e. The number of carbonyl (C=O) groups is 1. The summed E-state index contributed by atoms with van der Waals surface area (Å²) in [7, 11) is 1.86. The molecule has 10 nitrogen and oxygen atoms in total. The van der Waals surface area contributed by atoms with Gasteiger partial charge in [-0.05, 0) is 56.6 Å². The van der Waals surface area contributed by atoms with E-state index in [9.17, 15) is 4.79 Å². The lowest BCUT2D eigenvalue weighted by molar-refractivity contribution is -0.119. The van der Waals surface area contributed by atoms with Crippen molar-refractivity contribution < 1.29 is 9.53 Å². The van der Waals surface area contributed by atoms with Gasteiger partial charge in [0.2, 0.25) is 5.91 Å². The second-order valence-electron chi connectivity index (χ2n) is 8.16. The van der Waals surface area contributed by atoms with Gasteiger partial charge in [-0.2, -0.15) is 5.10 Å². The Bertz CT molecular complexity index is 1170. The number of aromatic nitrogens is 5. The number of hydrazine groups is 1. The molecule has 3 heterocycles. The molecule has 0 unspecified atom stereocenters. The quantitative estimate of drug-likeness (QED) is 0.256. The van der Waals surface area contributed by atoms with Crippen LogP contribution in [0.2, 0.25) is 0 Å². The Morgan fingerprint density at radius 1 is 1.26 bits per heavy atom. The van der Waals surface area contributed by atoms with Crippen molar-refractivity contribution in [2.45, 2.75) is 44.5 Å². The summed E-state index contributed by atoms with van der Waals surface area (Å²) in [6.07, 6.45) is 3.99. The number of ether oxygens (including phenoxy) is 1. The van der Waals surface area contributed by atoms with Crippen molar-refractivity contribution in [1.82, 2.24) is 35.4 Å². The van der Waals surface area contributed by atoms with E-state index < -0.39 is 0 Å². The number of aryl methyl sites for hydroxylation is 3. The van der Waals surface area contributed by atoms with Gasteiger partial charge in [-0.25, -0.2) is 0 Å². The topological polar surface area (TPSA) is 111 Å². The van der Waals surface area contributed by atoms with Gasteiger partial charge in [0.1, 0.15) is 5.69 Å². The molecule has 0 saturated carbocycles. The number of rotatable bonds is 7. The summed E-state index contributed by atoms with van der Waals surface area (Å²) in [5.41, 5.74) is 9.23. The van der Waals surface area contributed by atoms with E-state index in [0.717, 1.165) is 36.4 Å². The van der Waals surface area contributed by atoms with E-state index in [1.54, 1.807) is 4.68 Å². The molecule has 3 N–H and O–H groups in total. The van der Waals surface area contributed by atoms with Crippen molar-refractivity contribution in [1.29, 1.82) is 0 Å². The predicted octanol–water partition coefficient (Wildman–Crippen LogP) is 2.58. The molecule has 1 aliphatic heterocycles. The Kier molecular flexibility index (Phi) is 7.80. The molecule has 1 aromatic carbocycles. The third-order valence-corrected chi connectivity index (χ3v) is 6.52. The summed E-state index contributed by atoms with van der Waals surface area (Å²) in [6, 6.07) is 7.91. The van der Waals surface area contributed by atoms with Crippen LogP contribution >= 0.6 is 24.0 Å². The highest BCUT2D eigenvalue weighted by Crippen LogP contribution is 2.25. The summed E-state index contributed by atoms with van der Waals surface area (Å²) < 4.78 is 9.52. The van der Waals surface area contributed by atoms with Crippen LogP contribution in [0.25, 0.3) is 11.5 Å². The lowest BCUT2D eigenvalue weighted by Crippen LogP contribution is -2.44. The lowest BCUT2D eigenvalue weighted by atomic mass is 10.1. The number of hydrogen-bond acceptors (Lipinski definition) is 7. The van der Waals surface area contributed by atoms with E-state index in [1.165, 1.54) is 17.3 Å². The first-order chi connectivity index (χ1) is 16.4. The molecule has 0 radical (unpaired) electrons. The predicted molar refractivity (Wildman–Crippen MR) is 135 cm³/mol. The van der Waals surface area contributed by atoms with Crippen LogP contribution in [0.15, 0.2) is 35.6 Å². The van der Waals surface area contributed by atoms with E-state index in [0.29, 0.717) is 22.6 Å². The molecular weight excluding hydrogens is 472 g/mol. The van der Waals surface area contributed by atoms with Crippen LogP contribution < -0.4 is 16.2 Å². The van der Waals surface area contributed by atoms with E-state index in [4.69, 9.17) is 17.0 Å². The molecule has 1 atom stereocenters. The SMILES string of the molecule is Cc1ccc(NC(=S)NNC(=O)CSc2nnc(-c3ccn(C)n3)n2C[C@@H]2CCCO2)c(C)c1. The van der Waals surface area contributed by atoms with Crippen LogP contribution in [0.5, 0.6) is 0 Å². The lowest BCUT2D eigenvalue weighted by Gasteiger charge is -2.15. The van der Waals surface area contributed by atoms with Crippen LogP contribution in [-0.4, -0.2) is 54.0 Å². The van der Waals surface area contributed by atoms with Crippen LogP contribution in [0.1, 0.15) is 24.0 Å². The molecular formula is C22H28N8O2S2. The summed E-state index contributed by atoms with van der Waals surface area (Å²) in [4.78, 5) is 12.4. The third kappa shape index (κ3) is 6.13. The minimum Gasteiger partial charge on any atom is -0.376 e. The zero-order valence-corrected chi connectivity index (χ0v) is 21.0. The largest absolute Gasteiger partial charge is 0.376 e. The zero-order valence-electron chi connectivity index (χ0n) is 19.4. The van der Waals surface area contributed by atoms with Gasteiger partial charge in [0.05, 0.1) is 18.4 Å². The number of benzene rings is 1. The van der Waals surface area contributed by atoms with Gasteiger partial charge in [-0.1, -0.05) is 29.5 Å². The highest BCUT2D eigenvalue weighted by molar-refractivity contribution is 7.99. The van der Waals surface area contributed by atoms with E-state index in [-0.39, 0.29) is 17.8 Å². The van der Waals surface area contributed by atoms with Gasteiger partial charge in [0.25, 0.3) is 0 Å². The fourth-order valence-corrected chi connectivity index (χ4v) is 4.58. The first kappa shape index (κ1) is 24.2. The molecule has 1 amide bonds. The van der Waals surface area contributed by atoms with Gasteiger partial charge < -0.3 is 10.1 Å². The van der Waals surface area contributed by atoms with Crippen molar-refractivity contribution in [3.63, 3.8) is 0 Å².